The average molecular weight is 414 g/mol. The Labute approximate surface area is 175 Å². The van der Waals surface area contributed by atoms with Crippen LogP contribution in [0.15, 0.2) is 36.4 Å². The van der Waals surface area contributed by atoms with Crippen LogP contribution in [-0.4, -0.2) is 64.3 Å². The molecular formula is C22H26N2O6. The molecule has 1 unspecified atom stereocenters. The molecule has 8 heteroatoms. The SMILES string of the molecule is COc1cc(OC)cc(C(=O)N2CCN(c3cc(OC)cc(OC)c3)C(=O)C2C)c1. The molecule has 2 amide bonds. The van der Waals surface area contributed by atoms with Gasteiger partial charge in [0.15, 0.2) is 0 Å². The van der Waals surface area contributed by atoms with Gasteiger partial charge in [0.25, 0.3) is 5.91 Å². The second-order valence-corrected chi connectivity index (χ2v) is 6.84. The van der Waals surface area contributed by atoms with Crippen molar-refractivity contribution in [1.82, 2.24) is 4.90 Å². The van der Waals surface area contributed by atoms with Gasteiger partial charge in [-0.15, -0.1) is 0 Å². The normalized spacial score (nSPS) is 16.3. The summed E-state index contributed by atoms with van der Waals surface area (Å²) in [6.45, 7) is 2.46. The molecule has 1 aliphatic rings. The largest absolute Gasteiger partial charge is 0.497 e. The standard InChI is InChI=1S/C22H26N2O6/c1-14-21(25)24(16-10-19(29-4)13-20(11-16)30-5)7-6-23(14)22(26)15-8-17(27-2)12-18(9-15)28-3/h8-14H,6-7H2,1-5H3. The van der Waals surface area contributed by atoms with Gasteiger partial charge in [0.1, 0.15) is 29.0 Å². The first-order valence-corrected chi connectivity index (χ1v) is 9.50. The zero-order valence-corrected chi connectivity index (χ0v) is 17.8. The van der Waals surface area contributed by atoms with E-state index in [0.717, 1.165) is 0 Å². The number of benzene rings is 2. The highest BCUT2D eigenvalue weighted by Crippen LogP contribution is 2.31. The van der Waals surface area contributed by atoms with E-state index < -0.39 is 6.04 Å². The lowest BCUT2D eigenvalue weighted by molar-refractivity contribution is -0.124. The van der Waals surface area contributed by atoms with E-state index in [9.17, 15) is 9.59 Å². The van der Waals surface area contributed by atoms with Crippen molar-refractivity contribution in [2.24, 2.45) is 0 Å². The van der Waals surface area contributed by atoms with Crippen molar-refractivity contribution in [3.05, 3.63) is 42.0 Å². The number of piperazine rings is 1. The van der Waals surface area contributed by atoms with Crippen LogP contribution in [0.2, 0.25) is 0 Å². The van der Waals surface area contributed by atoms with Crippen LogP contribution in [0.1, 0.15) is 17.3 Å². The van der Waals surface area contributed by atoms with Gasteiger partial charge < -0.3 is 28.7 Å². The number of nitrogens with zero attached hydrogens (tertiary/aromatic N) is 2. The van der Waals surface area contributed by atoms with Gasteiger partial charge in [-0.3, -0.25) is 9.59 Å². The minimum Gasteiger partial charge on any atom is -0.497 e. The molecule has 1 aliphatic heterocycles. The number of rotatable bonds is 6. The molecule has 0 aliphatic carbocycles. The molecule has 0 spiro atoms. The number of ether oxygens (including phenoxy) is 4. The monoisotopic (exact) mass is 414 g/mol. The first-order chi connectivity index (χ1) is 14.4. The van der Waals surface area contributed by atoms with Crippen LogP contribution in [0.3, 0.4) is 0 Å². The highest BCUT2D eigenvalue weighted by molar-refractivity contribution is 6.03. The van der Waals surface area contributed by atoms with Gasteiger partial charge in [-0.2, -0.15) is 0 Å². The Morgan fingerprint density at radius 2 is 1.27 bits per heavy atom. The molecule has 8 nitrogen and oxygen atoms in total. The minimum absolute atomic E-state index is 0.181. The summed E-state index contributed by atoms with van der Waals surface area (Å²) in [5, 5.41) is 0. The Bertz CT molecular complexity index is 901. The number of carbonyl (C=O) groups excluding carboxylic acids is 2. The maximum atomic E-state index is 13.1. The van der Waals surface area contributed by atoms with E-state index in [4.69, 9.17) is 18.9 Å². The van der Waals surface area contributed by atoms with Crippen molar-refractivity contribution in [3.8, 4) is 23.0 Å². The van der Waals surface area contributed by atoms with E-state index in [-0.39, 0.29) is 11.8 Å². The molecule has 0 N–H and O–H groups in total. The molecular weight excluding hydrogens is 388 g/mol. The predicted molar refractivity (Wildman–Crippen MR) is 112 cm³/mol. The third-order valence-electron chi connectivity index (χ3n) is 5.16. The van der Waals surface area contributed by atoms with Gasteiger partial charge in [-0.25, -0.2) is 0 Å². The highest BCUT2D eigenvalue weighted by Gasteiger charge is 2.36. The molecule has 0 bridgehead atoms. The molecule has 0 aromatic heterocycles. The van der Waals surface area contributed by atoms with E-state index in [1.165, 1.54) is 14.2 Å². The smallest absolute Gasteiger partial charge is 0.254 e. The zero-order valence-electron chi connectivity index (χ0n) is 17.8. The van der Waals surface area contributed by atoms with Crippen LogP contribution >= 0.6 is 0 Å². The lowest BCUT2D eigenvalue weighted by Crippen LogP contribution is -2.57. The van der Waals surface area contributed by atoms with Crippen LogP contribution in [0, 0.1) is 0 Å². The topological polar surface area (TPSA) is 77.5 Å². The molecule has 160 valence electrons. The fraction of sp³-hybridized carbons (Fsp3) is 0.364. The Kier molecular flexibility index (Phi) is 6.34. The van der Waals surface area contributed by atoms with Gasteiger partial charge in [-0.1, -0.05) is 0 Å². The second kappa shape index (κ2) is 8.94. The van der Waals surface area contributed by atoms with E-state index >= 15 is 0 Å². The number of anilines is 1. The molecule has 0 radical (unpaired) electrons. The Balaban J connectivity index is 1.85. The minimum atomic E-state index is -0.638. The van der Waals surface area contributed by atoms with E-state index in [2.05, 4.69) is 0 Å². The van der Waals surface area contributed by atoms with Crippen LogP contribution < -0.4 is 23.8 Å². The first-order valence-electron chi connectivity index (χ1n) is 9.50. The maximum Gasteiger partial charge on any atom is 0.254 e. The quantitative estimate of drug-likeness (QED) is 0.723. The summed E-state index contributed by atoms with van der Waals surface area (Å²) < 4.78 is 21.1. The van der Waals surface area contributed by atoms with Crippen molar-refractivity contribution in [1.29, 1.82) is 0 Å². The second-order valence-electron chi connectivity index (χ2n) is 6.84. The van der Waals surface area contributed by atoms with E-state index in [1.54, 1.807) is 67.3 Å². The van der Waals surface area contributed by atoms with Gasteiger partial charge in [-0.05, 0) is 19.1 Å². The first kappa shape index (κ1) is 21.3. The summed E-state index contributed by atoms with van der Waals surface area (Å²) in [7, 11) is 6.16. The average Bonchev–Trinajstić information content (AvgIpc) is 2.79. The lowest BCUT2D eigenvalue weighted by atomic mass is 10.1. The Morgan fingerprint density at radius 1 is 0.800 bits per heavy atom. The van der Waals surface area contributed by atoms with Gasteiger partial charge in [0, 0.05) is 42.9 Å². The fourth-order valence-corrected chi connectivity index (χ4v) is 3.45. The number of amides is 2. The third-order valence-corrected chi connectivity index (χ3v) is 5.16. The van der Waals surface area contributed by atoms with Crippen LogP contribution in [-0.2, 0) is 4.79 Å². The van der Waals surface area contributed by atoms with Gasteiger partial charge >= 0.3 is 0 Å². The van der Waals surface area contributed by atoms with Crippen molar-refractivity contribution >= 4 is 17.5 Å². The molecule has 2 aromatic carbocycles. The number of methoxy groups -OCH3 is 4. The molecule has 1 fully saturated rings. The molecule has 1 atom stereocenters. The molecule has 1 saturated heterocycles. The summed E-state index contributed by atoms with van der Waals surface area (Å²) in [4.78, 5) is 29.5. The van der Waals surface area contributed by atoms with Crippen LogP contribution in [0.5, 0.6) is 23.0 Å². The van der Waals surface area contributed by atoms with Crippen molar-refractivity contribution in [2.45, 2.75) is 13.0 Å². The Hall–Kier alpha value is -3.42. The van der Waals surface area contributed by atoms with E-state index in [0.29, 0.717) is 47.3 Å². The summed E-state index contributed by atoms with van der Waals surface area (Å²) >= 11 is 0. The lowest BCUT2D eigenvalue weighted by Gasteiger charge is -2.39. The van der Waals surface area contributed by atoms with Gasteiger partial charge in [0.05, 0.1) is 34.1 Å². The number of hydrogen-bond donors (Lipinski definition) is 0. The molecule has 30 heavy (non-hydrogen) atoms. The highest BCUT2D eigenvalue weighted by atomic mass is 16.5. The van der Waals surface area contributed by atoms with Crippen LogP contribution in [0.25, 0.3) is 0 Å². The summed E-state index contributed by atoms with van der Waals surface area (Å²) in [6.07, 6.45) is 0. The fourth-order valence-electron chi connectivity index (χ4n) is 3.45. The number of hydrogen-bond acceptors (Lipinski definition) is 6. The Morgan fingerprint density at radius 3 is 1.73 bits per heavy atom. The van der Waals surface area contributed by atoms with Crippen molar-refractivity contribution in [2.75, 3.05) is 46.4 Å². The maximum absolute atomic E-state index is 13.1. The summed E-state index contributed by atoms with van der Waals surface area (Å²) in [6, 6.07) is 9.63. The van der Waals surface area contributed by atoms with Crippen molar-refractivity contribution < 1.29 is 28.5 Å². The van der Waals surface area contributed by atoms with Gasteiger partial charge in [0.2, 0.25) is 5.91 Å². The van der Waals surface area contributed by atoms with Crippen LogP contribution in [0.4, 0.5) is 5.69 Å². The third kappa shape index (κ3) is 4.12. The molecule has 1 heterocycles. The number of carbonyl (C=O) groups is 2. The molecule has 0 saturated carbocycles. The van der Waals surface area contributed by atoms with E-state index in [1.807, 2.05) is 0 Å². The van der Waals surface area contributed by atoms with Crippen molar-refractivity contribution in [3.63, 3.8) is 0 Å². The predicted octanol–water partition coefficient (Wildman–Crippen LogP) is 2.60. The molecule has 2 aromatic rings. The summed E-state index contributed by atoms with van der Waals surface area (Å²) in [5.74, 6) is 1.77. The molecule has 3 rings (SSSR count). The summed E-state index contributed by atoms with van der Waals surface area (Å²) in [5.41, 5.74) is 1.07. The zero-order chi connectivity index (χ0) is 21.8.